The van der Waals surface area contributed by atoms with Gasteiger partial charge in [-0.1, -0.05) is 0 Å². The van der Waals surface area contributed by atoms with E-state index in [0.717, 1.165) is 12.2 Å². The topological polar surface area (TPSA) is 13.1 Å². The van der Waals surface area contributed by atoms with E-state index < -0.39 is 0 Å². The van der Waals surface area contributed by atoms with Crippen LogP contribution in [0.15, 0.2) is 77.4 Å². The minimum Gasteiger partial charge on any atom is -0.470 e. The van der Waals surface area contributed by atoms with Gasteiger partial charge in [-0.15, -0.1) is 0 Å². The van der Waals surface area contributed by atoms with Gasteiger partial charge in [0, 0.05) is 0 Å². The van der Waals surface area contributed by atoms with E-state index in [1.165, 1.54) is 5.56 Å². The number of furan rings is 1. The van der Waals surface area contributed by atoms with E-state index in [0.29, 0.717) is 0 Å². The molecule has 0 aliphatic heterocycles. The van der Waals surface area contributed by atoms with Crippen LogP contribution in [-0.4, -0.2) is 0 Å². The first-order valence-electron chi connectivity index (χ1n) is 5.35. The Hall–Kier alpha value is -1.50. The van der Waals surface area contributed by atoms with Crippen LogP contribution < -0.4 is 0 Å². The molecule has 0 saturated heterocycles. The Morgan fingerprint density at radius 3 is 2.18 bits per heavy atom. The van der Waals surface area contributed by atoms with Crippen LogP contribution in [0.25, 0.3) is 0 Å². The van der Waals surface area contributed by atoms with Crippen LogP contribution >= 0.6 is 0 Å². The molecule has 2 heteroatoms. The molecule has 88 valence electrons. The van der Waals surface area contributed by atoms with Crippen molar-refractivity contribution >= 4 is 0 Å². The van der Waals surface area contributed by atoms with Gasteiger partial charge in [0.25, 0.3) is 0 Å². The first-order valence-corrected chi connectivity index (χ1v) is 5.35. The monoisotopic (exact) mass is 266 g/mol. The van der Waals surface area contributed by atoms with Crippen molar-refractivity contribution in [2.24, 2.45) is 0 Å². The molecule has 0 spiro atoms. The fraction of sp³-hybridized carbons (Fsp3) is 0.0667. The number of hydrogen-bond acceptors (Lipinski definition) is 1. The summed E-state index contributed by atoms with van der Waals surface area (Å²) >= 11 is 0. The molecule has 1 aromatic heterocycles. The zero-order valence-electron chi connectivity index (χ0n) is 9.40. The van der Waals surface area contributed by atoms with Crippen LogP contribution in [0.4, 0.5) is 0 Å². The van der Waals surface area contributed by atoms with Gasteiger partial charge in [0.1, 0.15) is 0 Å². The molecule has 2 aromatic carbocycles. The van der Waals surface area contributed by atoms with Crippen LogP contribution in [0, 0.1) is 0 Å². The first kappa shape index (κ1) is 13.6. The van der Waals surface area contributed by atoms with Crippen LogP contribution in [0.1, 0.15) is 11.3 Å². The van der Waals surface area contributed by atoms with Gasteiger partial charge in [-0.2, -0.15) is 35.9 Å². The molecule has 0 amide bonds. The molecule has 0 radical (unpaired) electrons. The van der Waals surface area contributed by atoms with E-state index in [9.17, 15) is 0 Å². The van der Waals surface area contributed by atoms with E-state index in [2.05, 4.69) is 12.1 Å². The van der Waals surface area contributed by atoms with Gasteiger partial charge in [-0.3, -0.25) is 0 Å². The molecule has 0 unspecified atom stereocenters. The summed E-state index contributed by atoms with van der Waals surface area (Å²) in [5.74, 6) is 1.02. The van der Waals surface area contributed by atoms with Crippen LogP contribution in [0.5, 0.6) is 0 Å². The fourth-order valence-corrected chi connectivity index (χ4v) is 1.47. The minimum absolute atomic E-state index is 0. The predicted molar refractivity (Wildman–Crippen MR) is 65.6 cm³/mol. The van der Waals surface area contributed by atoms with Gasteiger partial charge in [-0.05, 0) is 18.6 Å². The molecule has 0 aliphatic carbocycles. The third-order valence-electron chi connectivity index (χ3n) is 2.25. The van der Waals surface area contributed by atoms with Crippen molar-refractivity contribution in [2.75, 3.05) is 0 Å². The third-order valence-corrected chi connectivity index (χ3v) is 2.25. The van der Waals surface area contributed by atoms with Gasteiger partial charge in [-0.25, -0.2) is 24.3 Å². The van der Waals surface area contributed by atoms with Crippen molar-refractivity contribution in [3.8, 4) is 0 Å². The third kappa shape index (κ3) is 4.90. The fourth-order valence-electron chi connectivity index (χ4n) is 1.47. The molecule has 0 N–H and O–H groups in total. The molecule has 0 bridgehead atoms. The SMILES string of the molecule is [Fe+2].c1cc[cH-]c1.c1coc(C[c-]2cccc2)c1. The average Bonchev–Trinajstić information content (AvgIpc) is 3.05. The Morgan fingerprint density at radius 1 is 1.00 bits per heavy atom. The van der Waals surface area contributed by atoms with Crippen molar-refractivity contribution < 1.29 is 21.5 Å². The second-order valence-electron chi connectivity index (χ2n) is 3.51. The molecule has 1 nitrogen and oxygen atoms in total. The van der Waals surface area contributed by atoms with E-state index in [-0.39, 0.29) is 17.1 Å². The van der Waals surface area contributed by atoms with Gasteiger partial charge in [0.05, 0.1) is 12.0 Å². The second-order valence-corrected chi connectivity index (χ2v) is 3.51. The maximum Gasteiger partial charge on any atom is 2.00 e. The van der Waals surface area contributed by atoms with E-state index >= 15 is 0 Å². The Morgan fingerprint density at radius 2 is 1.71 bits per heavy atom. The summed E-state index contributed by atoms with van der Waals surface area (Å²) in [6.07, 6.45) is 2.61. The van der Waals surface area contributed by atoms with E-state index in [4.69, 9.17) is 4.42 Å². The Labute approximate surface area is 112 Å². The number of hydrogen-bond donors (Lipinski definition) is 0. The van der Waals surface area contributed by atoms with Crippen molar-refractivity contribution in [3.05, 3.63) is 84.3 Å². The minimum atomic E-state index is 0. The summed E-state index contributed by atoms with van der Waals surface area (Å²) in [5.41, 5.74) is 1.31. The molecule has 0 atom stereocenters. The Kier molecular flexibility index (Phi) is 6.16. The van der Waals surface area contributed by atoms with Crippen LogP contribution in [0.2, 0.25) is 0 Å². The summed E-state index contributed by atoms with van der Waals surface area (Å²) in [4.78, 5) is 0. The van der Waals surface area contributed by atoms with Crippen LogP contribution in [-0.2, 0) is 23.5 Å². The van der Waals surface area contributed by atoms with Crippen molar-refractivity contribution in [2.45, 2.75) is 6.42 Å². The normalized spacial score (nSPS) is 8.94. The molecular formula is C15H14FeO. The zero-order valence-corrected chi connectivity index (χ0v) is 10.5. The van der Waals surface area contributed by atoms with Gasteiger partial charge in [0.2, 0.25) is 0 Å². The van der Waals surface area contributed by atoms with E-state index in [1.54, 1.807) is 6.26 Å². The summed E-state index contributed by atoms with van der Waals surface area (Å²) < 4.78 is 5.21. The molecule has 1 heterocycles. The van der Waals surface area contributed by atoms with Crippen LogP contribution in [0.3, 0.4) is 0 Å². The summed E-state index contributed by atoms with van der Waals surface area (Å²) in [5, 5.41) is 0. The average molecular weight is 266 g/mol. The smallest absolute Gasteiger partial charge is 0.470 e. The first-order chi connectivity index (χ1) is 7.95. The number of rotatable bonds is 2. The summed E-state index contributed by atoms with van der Waals surface area (Å²) in [6.45, 7) is 0. The molecule has 3 rings (SSSR count). The molecule has 3 aromatic rings. The van der Waals surface area contributed by atoms with Gasteiger partial charge in [0.15, 0.2) is 0 Å². The molecule has 0 aliphatic rings. The largest absolute Gasteiger partial charge is 2.00 e. The molecule has 0 fully saturated rings. The quantitative estimate of drug-likeness (QED) is 0.505. The summed E-state index contributed by atoms with van der Waals surface area (Å²) in [6, 6.07) is 22.2. The zero-order chi connectivity index (χ0) is 11.1. The molecule has 0 saturated carbocycles. The van der Waals surface area contributed by atoms with Gasteiger partial charge < -0.3 is 4.42 Å². The van der Waals surface area contributed by atoms with Crippen molar-refractivity contribution in [3.63, 3.8) is 0 Å². The molecular weight excluding hydrogens is 252 g/mol. The van der Waals surface area contributed by atoms with Crippen molar-refractivity contribution in [1.29, 1.82) is 0 Å². The standard InChI is InChI=1S/C10H9O.C5H5.Fe/c1-2-5-9(4-1)8-10-6-3-7-11-10;1-2-4-5-3-1;/h1-7H,8H2;1-5H;/q2*-1;+2. The summed E-state index contributed by atoms with van der Waals surface area (Å²) in [7, 11) is 0. The maximum absolute atomic E-state index is 5.21. The van der Waals surface area contributed by atoms with Gasteiger partial charge >= 0.3 is 17.1 Å². The Bertz CT molecular complexity index is 400. The second kappa shape index (κ2) is 7.72. The molecule has 17 heavy (non-hydrogen) atoms. The predicted octanol–water partition coefficient (Wildman–Crippen LogP) is 3.99. The maximum atomic E-state index is 5.21. The van der Waals surface area contributed by atoms with Crippen molar-refractivity contribution in [1.82, 2.24) is 0 Å². The van der Waals surface area contributed by atoms with E-state index in [1.807, 2.05) is 54.6 Å². The Balaban J connectivity index is 0.000000205.